The van der Waals surface area contributed by atoms with Gasteiger partial charge in [0.25, 0.3) is 5.91 Å². The fraction of sp³-hybridized carbons (Fsp3) is 0.333. The molecule has 0 bridgehead atoms. The largest absolute Gasteiger partial charge is 0.444 e. The van der Waals surface area contributed by atoms with E-state index >= 15 is 0 Å². The van der Waals surface area contributed by atoms with Crippen molar-refractivity contribution >= 4 is 23.4 Å². The summed E-state index contributed by atoms with van der Waals surface area (Å²) in [6.07, 6.45) is 2.07. The lowest BCUT2D eigenvalue weighted by Crippen LogP contribution is -2.42. The average Bonchev–Trinajstić information content (AvgIpc) is 3.09. The Labute approximate surface area is 126 Å². The summed E-state index contributed by atoms with van der Waals surface area (Å²) in [4.78, 5) is 16.4. The monoisotopic (exact) mass is 304 g/mol. The van der Waals surface area contributed by atoms with Gasteiger partial charge in [-0.2, -0.15) is 11.8 Å². The lowest BCUT2D eigenvalue weighted by molar-refractivity contribution is -0.131. The maximum absolute atomic E-state index is 12.2. The number of anilines is 1. The third-order valence-corrected chi connectivity index (χ3v) is 4.58. The first-order valence-corrected chi connectivity index (χ1v) is 7.86. The molecule has 21 heavy (non-hydrogen) atoms. The third kappa shape index (κ3) is 2.96. The number of amides is 1. The third-order valence-electron chi connectivity index (χ3n) is 3.41. The highest BCUT2D eigenvalue weighted by Gasteiger charge is 2.39. The van der Waals surface area contributed by atoms with Gasteiger partial charge in [0.15, 0.2) is 5.60 Å². The number of nitrogens with zero attached hydrogens (tertiary/aromatic N) is 1. The van der Waals surface area contributed by atoms with Gasteiger partial charge in [0, 0.05) is 17.0 Å². The molecule has 1 saturated heterocycles. The molecule has 0 saturated carbocycles. The molecule has 3 rings (SSSR count). The number of rotatable bonds is 3. The van der Waals surface area contributed by atoms with Crippen LogP contribution < -0.4 is 5.32 Å². The van der Waals surface area contributed by atoms with Crippen LogP contribution in [0, 0.1) is 6.92 Å². The number of benzene rings is 1. The predicted molar refractivity (Wildman–Crippen MR) is 82.2 cm³/mol. The molecule has 1 aliphatic heterocycles. The van der Waals surface area contributed by atoms with Gasteiger partial charge in [-0.25, -0.2) is 4.98 Å². The first-order valence-electron chi connectivity index (χ1n) is 6.71. The van der Waals surface area contributed by atoms with E-state index in [1.165, 1.54) is 0 Å². The van der Waals surface area contributed by atoms with E-state index in [4.69, 9.17) is 4.42 Å². The van der Waals surface area contributed by atoms with Gasteiger partial charge in [-0.05, 0) is 37.3 Å². The molecule has 1 atom stereocenters. The van der Waals surface area contributed by atoms with Crippen molar-refractivity contribution in [2.75, 3.05) is 16.8 Å². The van der Waals surface area contributed by atoms with Crippen molar-refractivity contribution in [2.45, 2.75) is 18.9 Å². The van der Waals surface area contributed by atoms with Crippen molar-refractivity contribution in [2.24, 2.45) is 0 Å². The number of aromatic nitrogens is 1. The van der Waals surface area contributed by atoms with Crippen molar-refractivity contribution in [3.05, 3.63) is 36.2 Å². The molecule has 0 radical (unpaired) electrons. The smallest absolute Gasteiger partial charge is 0.257 e. The van der Waals surface area contributed by atoms with Crippen LogP contribution in [0.15, 0.2) is 34.9 Å². The molecule has 1 unspecified atom stereocenters. The standard InChI is InChI=1S/C15H16N2O3S/c1-10-8-20-13(16-10)11-3-2-4-12(7-11)17-14(18)15(19)5-6-21-9-15/h2-4,7-8,19H,5-6,9H2,1H3,(H,17,18). The summed E-state index contributed by atoms with van der Waals surface area (Å²) in [6, 6.07) is 7.25. The fourth-order valence-electron chi connectivity index (χ4n) is 2.20. The lowest BCUT2D eigenvalue weighted by atomic mass is 10.0. The molecule has 2 N–H and O–H groups in total. The number of carbonyl (C=O) groups excluding carboxylic acids is 1. The van der Waals surface area contributed by atoms with Crippen LogP contribution in [0.25, 0.3) is 11.5 Å². The number of aryl methyl sites for hydroxylation is 1. The van der Waals surface area contributed by atoms with Gasteiger partial charge in [-0.3, -0.25) is 4.79 Å². The summed E-state index contributed by atoms with van der Waals surface area (Å²) < 4.78 is 5.35. The summed E-state index contributed by atoms with van der Waals surface area (Å²) in [7, 11) is 0. The van der Waals surface area contributed by atoms with E-state index in [0.717, 1.165) is 17.0 Å². The molecule has 5 nitrogen and oxygen atoms in total. The van der Waals surface area contributed by atoms with Crippen molar-refractivity contribution in [1.29, 1.82) is 0 Å². The Morgan fingerprint density at radius 1 is 1.52 bits per heavy atom. The molecule has 1 aromatic heterocycles. The van der Waals surface area contributed by atoms with Crippen LogP contribution in [0.5, 0.6) is 0 Å². The van der Waals surface area contributed by atoms with Gasteiger partial charge in [-0.1, -0.05) is 6.07 Å². The van der Waals surface area contributed by atoms with Crippen LogP contribution in [0.3, 0.4) is 0 Å². The van der Waals surface area contributed by atoms with Crippen molar-refractivity contribution in [1.82, 2.24) is 4.98 Å². The predicted octanol–water partition coefficient (Wildman–Crippen LogP) is 2.46. The minimum absolute atomic E-state index is 0.353. The van der Waals surface area contributed by atoms with E-state index in [1.54, 1.807) is 30.2 Å². The normalized spacial score (nSPS) is 21.4. The molecule has 6 heteroatoms. The second kappa shape index (κ2) is 5.54. The fourth-order valence-corrected chi connectivity index (χ4v) is 3.44. The average molecular weight is 304 g/mol. The first kappa shape index (κ1) is 14.2. The zero-order chi connectivity index (χ0) is 14.9. The number of nitrogens with one attached hydrogen (secondary N) is 1. The summed E-state index contributed by atoms with van der Waals surface area (Å²) in [5, 5.41) is 13.0. The molecule has 1 fully saturated rings. The molecule has 2 heterocycles. The summed E-state index contributed by atoms with van der Waals surface area (Å²) in [5.41, 5.74) is 0.948. The van der Waals surface area contributed by atoms with Gasteiger partial charge in [0.2, 0.25) is 5.89 Å². The molecule has 1 amide bonds. The maximum Gasteiger partial charge on any atom is 0.257 e. The van der Waals surface area contributed by atoms with Crippen molar-refractivity contribution in [3.63, 3.8) is 0 Å². The quantitative estimate of drug-likeness (QED) is 0.911. The summed E-state index contributed by atoms with van der Waals surface area (Å²) >= 11 is 1.59. The van der Waals surface area contributed by atoms with E-state index in [-0.39, 0.29) is 5.91 Å². The topological polar surface area (TPSA) is 75.4 Å². The van der Waals surface area contributed by atoms with Gasteiger partial charge < -0.3 is 14.8 Å². The Balaban J connectivity index is 1.79. The van der Waals surface area contributed by atoms with Crippen molar-refractivity contribution in [3.8, 4) is 11.5 Å². The Morgan fingerprint density at radius 2 is 2.38 bits per heavy atom. The van der Waals surface area contributed by atoms with E-state index in [0.29, 0.717) is 23.8 Å². The highest BCUT2D eigenvalue weighted by Crippen LogP contribution is 2.29. The Kier molecular flexibility index (Phi) is 3.73. The van der Waals surface area contributed by atoms with Gasteiger partial charge >= 0.3 is 0 Å². The molecular weight excluding hydrogens is 288 g/mol. The Morgan fingerprint density at radius 3 is 3.05 bits per heavy atom. The van der Waals surface area contributed by atoms with Crippen molar-refractivity contribution < 1.29 is 14.3 Å². The van der Waals surface area contributed by atoms with Gasteiger partial charge in [-0.15, -0.1) is 0 Å². The molecule has 0 aliphatic carbocycles. The number of aliphatic hydroxyl groups is 1. The second-order valence-electron chi connectivity index (χ2n) is 5.16. The second-order valence-corrected chi connectivity index (χ2v) is 6.27. The number of hydrogen-bond donors (Lipinski definition) is 2. The molecule has 1 aromatic carbocycles. The summed E-state index contributed by atoms with van der Waals surface area (Å²) in [5.74, 6) is 1.41. The van der Waals surface area contributed by atoms with Gasteiger partial charge in [0.05, 0.1) is 5.69 Å². The first-order chi connectivity index (χ1) is 10.1. The van der Waals surface area contributed by atoms with Crippen LogP contribution in [0.2, 0.25) is 0 Å². The SMILES string of the molecule is Cc1coc(-c2cccc(NC(=O)C3(O)CCSC3)c2)n1. The van der Waals surface area contributed by atoms with E-state index in [9.17, 15) is 9.90 Å². The van der Waals surface area contributed by atoms with Crippen LogP contribution in [-0.2, 0) is 4.79 Å². The maximum atomic E-state index is 12.2. The molecule has 110 valence electrons. The minimum Gasteiger partial charge on any atom is -0.444 e. The van der Waals surface area contributed by atoms with Crippen LogP contribution in [0.1, 0.15) is 12.1 Å². The number of carbonyl (C=O) groups is 1. The highest BCUT2D eigenvalue weighted by atomic mass is 32.2. The van der Waals surface area contributed by atoms with E-state index in [2.05, 4.69) is 10.3 Å². The zero-order valence-electron chi connectivity index (χ0n) is 11.6. The number of oxazole rings is 1. The summed E-state index contributed by atoms with van der Waals surface area (Å²) in [6.45, 7) is 1.85. The Bertz CT molecular complexity index is 662. The number of hydrogen-bond acceptors (Lipinski definition) is 5. The van der Waals surface area contributed by atoms with Crippen LogP contribution in [-0.4, -0.2) is 33.1 Å². The molecule has 2 aromatic rings. The van der Waals surface area contributed by atoms with Gasteiger partial charge in [0.1, 0.15) is 6.26 Å². The number of thioether (sulfide) groups is 1. The molecular formula is C15H16N2O3S. The van der Waals surface area contributed by atoms with Crippen LogP contribution >= 0.6 is 11.8 Å². The minimum atomic E-state index is -1.26. The van der Waals surface area contributed by atoms with E-state index in [1.807, 2.05) is 19.1 Å². The van der Waals surface area contributed by atoms with E-state index < -0.39 is 5.60 Å². The van der Waals surface area contributed by atoms with Crippen LogP contribution in [0.4, 0.5) is 5.69 Å². The lowest BCUT2D eigenvalue weighted by Gasteiger charge is -2.20. The molecule has 0 spiro atoms. The zero-order valence-corrected chi connectivity index (χ0v) is 12.4. The Hall–Kier alpha value is -1.79. The molecule has 1 aliphatic rings. The highest BCUT2D eigenvalue weighted by molar-refractivity contribution is 7.99.